The molecular weight excluding hydrogens is 248 g/mol. The summed E-state index contributed by atoms with van der Waals surface area (Å²) in [5.41, 5.74) is -0.474. The predicted octanol–water partition coefficient (Wildman–Crippen LogP) is 3.75. The first-order valence-electron chi connectivity index (χ1n) is 4.97. The molecule has 1 aromatic heterocycles. The molecule has 0 amide bonds. The topological polar surface area (TPSA) is 20.2 Å². The van der Waals surface area contributed by atoms with Crippen LogP contribution >= 0.6 is 34.7 Å². The van der Waals surface area contributed by atoms with Gasteiger partial charge in [0.15, 0.2) is 0 Å². The summed E-state index contributed by atoms with van der Waals surface area (Å²) in [7, 11) is 0. The molecule has 1 fully saturated rings. The number of thioether (sulfide) groups is 1. The van der Waals surface area contributed by atoms with Crippen molar-refractivity contribution >= 4 is 34.7 Å². The maximum atomic E-state index is 10.6. The molecule has 0 saturated carbocycles. The van der Waals surface area contributed by atoms with E-state index in [4.69, 9.17) is 11.6 Å². The van der Waals surface area contributed by atoms with Gasteiger partial charge in [-0.1, -0.05) is 25.4 Å². The second-order valence-corrected chi connectivity index (χ2v) is 7.67. The first-order chi connectivity index (χ1) is 6.91. The maximum Gasteiger partial charge on any atom is 0.108 e. The summed E-state index contributed by atoms with van der Waals surface area (Å²) in [4.78, 5) is 1.01. The van der Waals surface area contributed by atoms with Gasteiger partial charge in [-0.3, -0.25) is 0 Å². The van der Waals surface area contributed by atoms with Crippen molar-refractivity contribution in [2.45, 2.75) is 25.9 Å². The summed E-state index contributed by atoms with van der Waals surface area (Å²) < 4.78 is 0.756. The van der Waals surface area contributed by atoms with Gasteiger partial charge in [-0.25, -0.2) is 0 Å². The van der Waals surface area contributed by atoms with Gasteiger partial charge in [0.1, 0.15) is 5.60 Å². The summed E-state index contributed by atoms with van der Waals surface area (Å²) in [6.07, 6.45) is 0.823. The molecule has 0 radical (unpaired) electrons. The lowest BCUT2D eigenvalue weighted by Gasteiger charge is -2.40. The zero-order chi connectivity index (χ0) is 11.1. The molecule has 1 nitrogen and oxygen atoms in total. The maximum absolute atomic E-state index is 10.6. The minimum absolute atomic E-state index is 0.203. The van der Waals surface area contributed by atoms with Crippen molar-refractivity contribution in [1.82, 2.24) is 0 Å². The van der Waals surface area contributed by atoms with Crippen LogP contribution in [0.15, 0.2) is 12.1 Å². The fourth-order valence-corrected chi connectivity index (χ4v) is 4.68. The molecule has 1 aliphatic heterocycles. The van der Waals surface area contributed by atoms with E-state index in [0.29, 0.717) is 0 Å². The van der Waals surface area contributed by atoms with Gasteiger partial charge < -0.3 is 5.11 Å². The Kier molecular flexibility index (Phi) is 3.10. The Morgan fingerprint density at radius 1 is 1.33 bits per heavy atom. The van der Waals surface area contributed by atoms with E-state index < -0.39 is 5.60 Å². The van der Waals surface area contributed by atoms with Crippen molar-refractivity contribution in [2.75, 3.05) is 11.5 Å². The van der Waals surface area contributed by atoms with Crippen molar-refractivity contribution in [3.63, 3.8) is 0 Å². The number of thiophene rings is 1. The Hall–Kier alpha value is 0.300. The van der Waals surface area contributed by atoms with E-state index in [1.165, 1.54) is 11.3 Å². The monoisotopic (exact) mass is 262 g/mol. The van der Waals surface area contributed by atoms with Crippen LogP contribution in [0.2, 0.25) is 4.34 Å². The molecule has 1 unspecified atom stereocenters. The highest BCUT2D eigenvalue weighted by molar-refractivity contribution is 7.99. The van der Waals surface area contributed by atoms with Gasteiger partial charge in [0.25, 0.3) is 0 Å². The number of aliphatic hydroxyl groups is 1. The van der Waals surface area contributed by atoms with Crippen molar-refractivity contribution in [3.8, 4) is 0 Å². The average Bonchev–Trinajstić information content (AvgIpc) is 2.49. The zero-order valence-corrected chi connectivity index (χ0v) is 11.3. The minimum atomic E-state index is -0.676. The third-order valence-electron chi connectivity index (χ3n) is 2.64. The molecule has 1 N–H and O–H groups in total. The van der Waals surface area contributed by atoms with Gasteiger partial charge >= 0.3 is 0 Å². The Balaban J connectivity index is 2.26. The van der Waals surface area contributed by atoms with E-state index >= 15 is 0 Å². The molecule has 0 aromatic carbocycles. The Labute approximate surface area is 104 Å². The normalized spacial score (nSPS) is 30.4. The molecule has 1 aliphatic rings. The van der Waals surface area contributed by atoms with Crippen molar-refractivity contribution < 1.29 is 5.11 Å². The lowest BCUT2D eigenvalue weighted by Crippen LogP contribution is -2.39. The Morgan fingerprint density at radius 2 is 2.07 bits per heavy atom. The highest BCUT2D eigenvalue weighted by atomic mass is 35.5. The lowest BCUT2D eigenvalue weighted by molar-refractivity contribution is 0.0190. The number of rotatable bonds is 1. The minimum Gasteiger partial charge on any atom is -0.383 e. The van der Waals surface area contributed by atoms with E-state index in [9.17, 15) is 5.11 Å². The highest BCUT2D eigenvalue weighted by Crippen LogP contribution is 2.46. The van der Waals surface area contributed by atoms with Crippen LogP contribution in [0, 0.1) is 5.41 Å². The van der Waals surface area contributed by atoms with Crippen LogP contribution < -0.4 is 0 Å². The molecule has 0 bridgehead atoms. The van der Waals surface area contributed by atoms with E-state index in [2.05, 4.69) is 13.8 Å². The molecule has 1 aromatic rings. The lowest BCUT2D eigenvalue weighted by atomic mass is 9.81. The van der Waals surface area contributed by atoms with Crippen molar-refractivity contribution in [3.05, 3.63) is 21.3 Å². The highest BCUT2D eigenvalue weighted by Gasteiger charge is 2.41. The largest absolute Gasteiger partial charge is 0.383 e. The second kappa shape index (κ2) is 3.95. The third-order valence-corrected chi connectivity index (χ3v) is 5.73. The van der Waals surface area contributed by atoms with E-state index in [0.717, 1.165) is 27.1 Å². The molecule has 0 aliphatic carbocycles. The molecule has 2 rings (SSSR count). The zero-order valence-electron chi connectivity index (χ0n) is 8.92. The molecular formula is C11H15ClOS2. The summed E-state index contributed by atoms with van der Waals surface area (Å²) in [6.45, 7) is 4.42. The van der Waals surface area contributed by atoms with Gasteiger partial charge in [0.05, 0.1) is 4.34 Å². The van der Waals surface area contributed by atoms with Crippen LogP contribution in [0.3, 0.4) is 0 Å². The molecule has 15 heavy (non-hydrogen) atoms. The van der Waals surface area contributed by atoms with E-state index in [1.807, 2.05) is 23.9 Å². The summed E-state index contributed by atoms with van der Waals surface area (Å²) in [5.74, 6) is 1.90. The molecule has 84 valence electrons. The Bertz CT molecular complexity index is 361. The summed E-state index contributed by atoms with van der Waals surface area (Å²) in [6, 6.07) is 3.82. The van der Waals surface area contributed by atoms with Crippen LogP contribution in [-0.2, 0) is 5.60 Å². The number of hydrogen-bond donors (Lipinski definition) is 1. The fraction of sp³-hybridized carbons (Fsp3) is 0.636. The number of hydrogen-bond acceptors (Lipinski definition) is 3. The molecule has 1 saturated heterocycles. The van der Waals surface area contributed by atoms with Crippen LogP contribution in [0.25, 0.3) is 0 Å². The first kappa shape index (κ1) is 11.8. The molecule has 0 spiro atoms. The van der Waals surface area contributed by atoms with E-state index in [1.54, 1.807) is 0 Å². The van der Waals surface area contributed by atoms with Crippen LogP contribution in [0.4, 0.5) is 0 Å². The van der Waals surface area contributed by atoms with Crippen molar-refractivity contribution in [2.24, 2.45) is 5.41 Å². The van der Waals surface area contributed by atoms with Gasteiger partial charge in [-0.15, -0.1) is 11.3 Å². The summed E-state index contributed by atoms with van der Waals surface area (Å²) >= 11 is 9.24. The predicted molar refractivity (Wildman–Crippen MR) is 68.9 cm³/mol. The molecule has 2 heterocycles. The third kappa shape index (κ3) is 2.52. The average molecular weight is 263 g/mol. The quantitative estimate of drug-likeness (QED) is 0.832. The Morgan fingerprint density at radius 3 is 2.60 bits per heavy atom. The standard InChI is InChI=1S/C11H15ClOS2/c1-10(2)5-11(13,7-14-6-10)8-3-4-9(12)15-8/h3-4,13H,5-7H2,1-2H3. The van der Waals surface area contributed by atoms with Gasteiger partial charge in [0.2, 0.25) is 0 Å². The van der Waals surface area contributed by atoms with Crippen LogP contribution in [-0.4, -0.2) is 16.6 Å². The molecule has 4 heteroatoms. The fourth-order valence-electron chi connectivity index (χ4n) is 2.11. The van der Waals surface area contributed by atoms with Crippen LogP contribution in [0.1, 0.15) is 25.1 Å². The summed E-state index contributed by atoms with van der Waals surface area (Å²) in [5, 5.41) is 10.6. The number of halogens is 1. The van der Waals surface area contributed by atoms with Gasteiger partial charge in [-0.05, 0) is 29.7 Å². The first-order valence-corrected chi connectivity index (χ1v) is 7.32. The SMILES string of the molecule is CC1(C)CSCC(O)(c2ccc(Cl)s2)C1. The van der Waals surface area contributed by atoms with Crippen LogP contribution in [0.5, 0.6) is 0 Å². The van der Waals surface area contributed by atoms with Gasteiger partial charge in [0, 0.05) is 10.6 Å². The molecule has 1 atom stereocenters. The van der Waals surface area contributed by atoms with Gasteiger partial charge in [-0.2, -0.15) is 11.8 Å². The second-order valence-electron chi connectivity index (χ2n) is 4.97. The van der Waals surface area contributed by atoms with Crippen molar-refractivity contribution in [1.29, 1.82) is 0 Å². The van der Waals surface area contributed by atoms with E-state index in [-0.39, 0.29) is 5.41 Å². The smallest absolute Gasteiger partial charge is 0.108 e.